The highest BCUT2D eigenvalue weighted by Gasteiger charge is 2.31. The van der Waals surface area contributed by atoms with Gasteiger partial charge in [-0.3, -0.25) is 4.90 Å². The zero-order valence-corrected chi connectivity index (χ0v) is 13.9. The Labute approximate surface area is 146 Å². The Hall–Kier alpha value is -2.91. The van der Waals surface area contributed by atoms with Crippen LogP contribution in [-0.4, -0.2) is 38.4 Å². The van der Waals surface area contributed by atoms with E-state index >= 15 is 0 Å². The summed E-state index contributed by atoms with van der Waals surface area (Å²) in [6, 6.07) is 10.1. The number of cyclic esters (lactones) is 1. The minimum atomic E-state index is -0.414. The number of piperidine rings is 1. The van der Waals surface area contributed by atoms with E-state index in [0.29, 0.717) is 18.9 Å². The number of benzene rings is 1. The first kappa shape index (κ1) is 16.9. The van der Waals surface area contributed by atoms with Gasteiger partial charge in [0.05, 0.1) is 19.2 Å². The van der Waals surface area contributed by atoms with Crippen LogP contribution >= 0.6 is 0 Å². The first-order chi connectivity index (χ1) is 12.2. The van der Waals surface area contributed by atoms with Gasteiger partial charge < -0.3 is 9.64 Å². The molecule has 130 valence electrons. The minimum Gasteiger partial charge on any atom is -0.444 e. The van der Waals surface area contributed by atoms with Crippen molar-refractivity contribution in [2.45, 2.75) is 25.4 Å². The highest BCUT2D eigenvalue weighted by molar-refractivity contribution is 5.90. The van der Waals surface area contributed by atoms with E-state index in [9.17, 15) is 4.79 Å². The molecule has 8 heteroatoms. The number of carbonyl (C=O) groups excluding carboxylic acids is 1. The van der Waals surface area contributed by atoms with Crippen LogP contribution in [-0.2, 0) is 4.74 Å². The Kier molecular flexibility index (Phi) is 5.26. The Balaban J connectivity index is 1.60. The van der Waals surface area contributed by atoms with Crippen molar-refractivity contribution in [3.8, 4) is 6.07 Å². The van der Waals surface area contributed by atoms with E-state index in [-0.39, 0.29) is 6.54 Å². The van der Waals surface area contributed by atoms with Gasteiger partial charge in [-0.05, 0) is 48.6 Å². The first-order valence-corrected chi connectivity index (χ1v) is 8.42. The van der Waals surface area contributed by atoms with Gasteiger partial charge in [0.1, 0.15) is 6.10 Å². The van der Waals surface area contributed by atoms with Gasteiger partial charge in [-0.2, -0.15) is 5.26 Å². The van der Waals surface area contributed by atoms with Crippen molar-refractivity contribution in [2.24, 2.45) is 11.0 Å². The number of nitriles is 1. The first-order valence-electron chi connectivity index (χ1n) is 8.42. The number of hydrogen-bond donors (Lipinski definition) is 0. The normalized spacial score (nSPS) is 20.8. The van der Waals surface area contributed by atoms with E-state index in [1.54, 1.807) is 4.90 Å². The maximum Gasteiger partial charge on any atom is 0.414 e. The smallest absolute Gasteiger partial charge is 0.414 e. The standard InChI is InChI=1S/C17H20N6O2/c18-8-5-13-6-9-22(10-7-13)14-1-3-15(4-2-14)23-12-16(11-20-21-19)25-17(23)24/h1-4,13,16H,5-7,9-12H2/t16-/m0/s1. The number of azide groups is 1. The van der Waals surface area contributed by atoms with Crippen molar-refractivity contribution < 1.29 is 9.53 Å². The Morgan fingerprint density at radius 3 is 2.60 bits per heavy atom. The fourth-order valence-electron chi connectivity index (χ4n) is 3.32. The van der Waals surface area contributed by atoms with Crippen LogP contribution in [0.5, 0.6) is 0 Å². The molecule has 2 fully saturated rings. The Morgan fingerprint density at radius 2 is 1.96 bits per heavy atom. The third-order valence-corrected chi connectivity index (χ3v) is 4.74. The average molecular weight is 340 g/mol. The number of hydrogen-bond acceptors (Lipinski definition) is 5. The van der Waals surface area contributed by atoms with Crippen molar-refractivity contribution in [1.82, 2.24) is 0 Å². The summed E-state index contributed by atoms with van der Waals surface area (Å²) in [7, 11) is 0. The zero-order chi connectivity index (χ0) is 17.6. The summed E-state index contributed by atoms with van der Waals surface area (Å²) < 4.78 is 5.20. The van der Waals surface area contributed by atoms with Gasteiger partial charge in [0, 0.05) is 35.8 Å². The van der Waals surface area contributed by atoms with Gasteiger partial charge in [-0.1, -0.05) is 5.11 Å². The number of ether oxygens (including phenoxy) is 1. The second-order valence-electron chi connectivity index (χ2n) is 6.34. The van der Waals surface area contributed by atoms with Crippen molar-refractivity contribution in [3.63, 3.8) is 0 Å². The molecule has 0 radical (unpaired) electrons. The second-order valence-corrected chi connectivity index (χ2v) is 6.34. The molecular weight excluding hydrogens is 320 g/mol. The fourth-order valence-corrected chi connectivity index (χ4v) is 3.32. The average Bonchev–Trinajstić information content (AvgIpc) is 3.02. The number of rotatable bonds is 5. The van der Waals surface area contributed by atoms with Crippen LogP contribution in [0, 0.1) is 17.2 Å². The maximum atomic E-state index is 12.0. The third-order valence-electron chi connectivity index (χ3n) is 4.74. The van der Waals surface area contributed by atoms with Crippen LogP contribution < -0.4 is 9.80 Å². The van der Waals surface area contributed by atoms with E-state index < -0.39 is 12.2 Å². The largest absolute Gasteiger partial charge is 0.444 e. The van der Waals surface area contributed by atoms with Crippen molar-refractivity contribution in [3.05, 3.63) is 34.7 Å². The number of amides is 1. The molecule has 1 amide bonds. The predicted molar refractivity (Wildman–Crippen MR) is 93.2 cm³/mol. The summed E-state index contributed by atoms with van der Waals surface area (Å²) in [5, 5.41) is 12.3. The molecule has 1 aromatic rings. The third kappa shape index (κ3) is 3.95. The minimum absolute atomic E-state index is 0.147. The molecule has 1 atom stereocenters. The van der Waals surface area contributed by atoms with Crippen LogP contribution in [0.1, 0.15) is 19.3 Å². The van der Waals surface area contributed by atoms with Crippen molar-refractivity contribution in [2.75, 3.05) is 36.0 Å². The molecule has 2 aliphatic rings. The van der Waals surface area contributed by atoms with E-state index in [1.165, 1.54) is 0 Å². The van der Waals surface area contributed by atoms with Gasteiger partial charge in [-0.15, -0.1) is 0 Å². The molecule has 25 heavy (non-hydrogen) atoms. The quantitative estimate of drug-likeness (QED) is 0.465. The second kappa shape index (κ2) is 7.77. The predicted octanol–water partition coefficient (Wildman–Crippen LogP) is 3.45. The van der Waals surface area contributed by atoms with Crippen LogP contribution in [0.25, 0.3) is 10.4 Å². The maximum absolute atomic E-state index is 12.0. The number of anilines is 2. The lowest BCUT2D eigenvalue weighted by Crippen LogP contribution is -2.33. The van der Waals surface area contributed by atoms with Crippen LogP contribution in [0.3, 0.4) is 0 Å². The lowest BCUT2D eigenvalue weighted by atomic mass is 9.94. The van der Waals surface area contributed by atoms with Gasteiger partial charge in [0.25, 0.3) is 0 Å². The number of nitrogens with zero attached hydrogens (tertiary/aromatic N) is 6. The molecule has 2 aliphatic heterocycles. The van der Waals surface area contributed by atoms with Gasteiger partial charge in [-0.25, -0.2) is 4.79 Å². The van der Waals surface area contributed by atoms with Crippen molar-refractivity contribution in [1.29, 1.82) is 5.26 Å². The van der Waals surface area contributed by atoms with E-state index in [1.807, 2.05) is 24.3 Å². The molecule has 8 nitrogen and oxygen atoms in total. The highest BCUT2D eigenvalue weighted by Crippen LogP contribution is 2.28. The summed E-state index contributed by atoms with van der Waals surface area (Å²) in [6.45, 7) is 2.43. The van der Waals surface area contributed by atoms with Gasteiger partial charge >= 0.3 is 6.09 Å². The topological polar surface area (TPSA) is 105 Å². The summed E-state index contributed by atoms with van der Waals surface area (Å²) in [5.41, 5.74) is 10.3. The lowest BCUT2D eigenvalue weighted by molar-refractivity contribution is 0.145. The SMILES string of the molecule is N#CCC1CCN(c2ccc(N3C[C@H](CN=[N+]=[N-])OC3=O)cc2)CC1. The van der Waals surface area contributed by atoms with Crippen molar-refractivity contribution >= 4 is 17.5 Å². The molecular formula is C17H20N6O2. The molecule has 2 heterocycles. The van der Waals surface area contributed by atoms with Crippen LogP contribution in [0.2, 0.25) is 0 Å². The van der Waals surface area contributed by atoms with Crippen LogP contribution in [0.4, 0.5) is 16.2 Å². The summed E-state index contributed by atoms with van der Waals surface area (Å²) in [5.74, 6) is 0.507. The highest BCUT2D eigenvalue weighted by atomic mass is 16.6. The molecule has 0 spiro atoms. The molecule has 0 aliphatic carbocycles. The number of carbonyl (C=O) groups is 1. The molecule has 0 N–H and O–H groups in total. The summed E-state index contributed by atoms with van der Waals surface area (Å²) in [4.78, 5) is 18.5. The van der Waals surface area contributed by atoms with Gasteiger partial charge in [0.2, 0.25) is 0 Å². The van der Waals surface area contributed by atoms with E-state index in [2.05, 4.69) is 21.0 Å². The fraction of sp³-hybridized carbons (Fsp3) is 0.529. The van der Waals surface area contributed by atoms with E-state index in [0.717, 1.165) is 37.3 Å². The summed E-state index contributed by atoms with van der Waals surface area (Å²) >= 11 is 0. The molecule has 3 rings (SSSR count). The summed E-state index contributed by atoms with van der Waals surface area (Å²) in [6.07, 6.45) is 1.90. The van der Waals surface area contributed by atoms with E-state index in [4.69, 9.17) is 15.5 Å². The van der Waals surface area contributed by atoms with Crippen LogP contribution in [0.15, 0.2) is 29.4 Å². The molecule has 0 unspecified atom stereocenters. The Bertz CT molecular complexity index is 699. The molecule has 2 saturated heterocycles. The molecule has 0 bridgehead atoms. The molecule has 0 saturated carbocycles. The van der Waals surface area contributed by atoms with Gasteiger partial charge in [0.15, 0.2) is 0 Å². The zero-order valence-electron chi connectivity index (χ0n) is 13.9. The Morgan fingerprint density at radius 1 is 1.28 bits per heavy atom. The monoisotopic (exact) mass is 340 g/mol. The molecule has 0 aromatic heterocycles. The molecule has 1 aromatic carbocycles. The lowest BCUT2D eigenvalue weighted by Gasteiger charge is -2.33.